The lowest BCUT2D eigenvalue weighted by Gasteiger charge is -2.33. The van der Waals surface area contributed by atoms with Gasteiger partial charge < -0.3 is 4.57 Å². The summed E-state index contributed by atoms with van der Waals surface area (Å²) in [4.78, 5) is 0. The minimum Gasteiger partial charge on any atom is -0.309 e. The van der Waals surface area contributed by atoms with Crippen molar-refractivity contribution in [3.8, 4) is 50.2 Å². The molecule has 1 aliphatic rings. The number of rotatable bonds is 6. The van der Waals surface area contributed by atoms with Crippen LogP contribution in [0.1, 0.15) is 55.7 Å². The normalized spacial score (nSPS) is 13.7. The van der Waals surface area contributed by atoms with Crippen molar-refractivity contribution < 1.29 is 0 Å². The van der Waals surface area contributed by atoms with Gasteiger partial charge in [0.15, 0.2) is 0 Å². The molecule has 8 aromatic carbocycles. The third-order valence-electron chi connectivity index (χ3n) is 11.5. The fraction of sp³-hybridized carbons (Fsp3) is 0.127. The molecule has 1 heterocycles. The zero-order valence-electron chi connectivity index (χ0n) is 32.5. The van der Waals surface area contributed by atoms with Gasteiger partial charge in [-0.3, -0.25) is 0 Å². The van der Waals surface area contributed by atoms with E-state index in [0.29, 0.717) is 11.8 Å². The van der Waals surface area contributed by atoms with Crippen molar-refractivity contribution in [2.75, 3.05) is 0 Å². The maximum Gasteiger partial charge on any atom is 0.0541 e. The summed E-state index contributed by atoms with van der Waals surface area (Å²) in [7, 11) is 0. The molecule has 1 heteroatoms. The standard InChI is InChI=1S/C52H39N.C3H8/c1-35(38-18-12-19-39(30-38)36-14-4-2-5-15-36)48-34-43-27-26-41(32-49(43)46-23-9-8-22-45(46)48)42-28-29-52-50(33-42)47-24-10-11-25-51(47)53(52)44-21-13-20-40(31-44)37-16-6-3-7-17-37;1-3-2/h2-33,35,48H,34H2,1H3;3H2,1-2H3. The van der Waals surface area contributed by atoms with Crippen LogP contribution in [-0.2, 0) is 6.42 Å². The Balaban J connectivity index is 0.00000133. The molecule has 272 valence electrons. The second kappa shape index (κ2) is 15.4. The number of benzene rings is 8. The predicted molar refractivity (Wildman–Crippen MR) is 240 cm³/mol. The van der Waals surface area contributed by atoms with Gasteiger partial charge in [0, 0.05) is 16.5 Å². The van der Waals surface area contributed by atoms with E-state index in [1.54, 1.807) is 0 Å². The molecule has 0 amide bonds. The van der Waals surface area contributed by atoms with E-state index in [-0.39, 0.29) is 0 Å². The predicted octanol–water partition coefficient (Wildman–Crippen LogP) is 15.3. The van der Waals surface area contributed by atoms with Crippen LogP contribution in [0.5, 0.6) is 0 Å². The highest BCUT2D eigenvalue weighted by Gasteiger charge is 2.30. The molecule has 1 aromatic heterocycles. The molecule has 0 bridgehead atoms. The SMILES string of the molecule is CC(c1cccc(-c2ccccc2)c1)C1Cc2ccc(-c3ccc4c(c3)c3ccccc3n4-c3cccc(-c4ccccc4)c3)cc2-c2ccccc21.CCC. The molecule has 10 rings (SSSR count). The zero-order valence-corrected chi connectivity index (χ0v) is 32.5. The van der Waals surface area contributed by atoms with Crippen LogP contribution in [0, 0.1) is 0 Å². The molecule has 0 fully saturated rings. The first-order valence-corrected chi connectivity index (χ1v) is 20.2. The highest BCUT2D eigenvalue weighted by molar-refractivity contribution is 6.10. The summed E-state index contributed by atoms with van der Waals surface area (Å²) in [5, 5.41) is 2.54. The summed E-state index contributed by atoms with van der Waals surface area (Å²) in [6.45, 7) is 6.66. The molecule has 0 radical (unpaired) electrons. The van der Waals surface area contributed by atoms with Crippen LogP contribution in [0.15, 0.2) is 194 Å². The van der Waals surface area contributed by atoms with E-state index >= 15 is 0 Å². The van der Waals surface area contributed by atoms with Gasteiger partial charge in [0.25, 0.3) is 0 Å². The Morgan fingerprint density at radius 1 is 0.464 bits per heavy atom. The first kappa shape index (κ1) is 35.3. The molecule has 0 aliphatic heterocycles. The van der Waals surface area contributed by atoms with Crippen molar-refractivity contribution in [1.82, 2.24) is 4.57 Å². The lowest BCUT2D eigenvalue weighted by atomic mass is 9.71. The van der Waals surface area contributed by atoms with Crippen LogP contribution in [-0.4, -0.2) is 4.57 Å². The van der Waals surface area contributed by atoms with Crippen LogP contribution in [0.2, 0.25) is 0 Å². The Kier molecular flexibility index (Phi) is 9.68. The summed E-state index contributed by atoms with van der Waals surface area (Å²) >= 11 is 0. The summed E-state index contributed by atoms with van der Waals surface area (Å²) in [5.41, 5.74) is 18.1. The number of fused-ring (bicyclic) bond motifs is 6. The van der Waals surface area contributed by atoms with Gasteiger partial charge in [-0.1, -0.05) is 185 Å². The van der Waals surface area contributed by atoms with Gasteiger partial charge in [0.2, 0.25) is 0 Å². The number of hydrogen-bond donors (Lipinski definition) is 0. The molecule has 0 spiro atoms. The van der Waals surface area contributed by atoms with Gasteiger partial charge in [-0.25, -0.2) is 0 Å². The number of hydrogen-bond acceptors (Lipinski definition) is 0. The highest BCUT2D eigenvalue weighted by Crippen LogP contribution is 2.47. The van der Waals surface area contributed by atoms with Crippen LogP contribution >= 0.6 is 0 Å². The van der Waals surface area contributed by atoms with Crippen molar-refractivity contribution >= 4 is 21.8 Å². The number of para-hydroxylation sites is 1. The molecule has 1 aliphatic carbocycles. The van der Waals surface area contributed by atoms with Crippen LogP contribution in [0.4, 0.5) is 0 Å². The van der Waals surface area contributed by atoms with E-state index in [0.717, 1.165) is 6.42 Å². The van der Waals surface area contributed by atoms with E-state index < -0.39 is 0 Å². The van der Waals surface area contributed by atoms with Crippen molar-refractivity contribution in [1.29, 1.82) is 0 Å². The van der Waals surface area contributed by atoms with Gasteiger partial charge in [0.05, 0.1) is 11.0 Å². The van der Waals surface area contributed by atoms with E-state index in [1.807, 2.05) is 0 Å². The molecule has 56 heavy (non-hydrogen) atoms. The Hall–Kier alpha value is -6.44. The van der Waals surface area contributed by atoms with E-state index in [2.05, 4.69) is 219 Å². The summed E-state index contributed by atoms with van der Waals surface area (Å²) in [5.74, 6) is 0.777. The molecule has 0 saturated carbocycles. The van der Waals surface area contributed by atoms with Crippen molar-refractivity contribution in [2.45, 2.75) is 45.4 Å². The van der Waals surface area contributed by atoms with Crippen LogP contribution < -0.4 is 0 Å². The number of nitrogens with zero attached hydrogens (tertiary/aromatic N) is 1. The second-order valence-corrected chi connectivity index (χ2v) is 15.3. The average molecular weight is 722 g/mol. The van der Waals surface area contributed by atoms with Gasteiger partial charge in [-0.05, 0) is 116 Å². The monoisotopic (exact) mass is 721 g/mol. The summed E-state index contributed by atoms with van der Waals surface area (Å²) < 4.78 is 2.42. The van der Waals surface area contributed by atoms with Gasteiger partial charge in [-0.2, -0.15) is 0 Å². The fourth-order valence-corrected chi connectivity index (χ4v) is 8.79. The average Bonchev–Trinajstić information content (AvgIpc) is 3.60. The lowest BCUT2D eigenvalue weighted by Crippen LogP contribution is -2.17. The second-order valence-electron chi connectivity index (χ2n) is 15.3. The first-order chi connectivity index (χ1) is 27.6. The van der Waals surface area contributed by atoms with Gasteiger partial charge in [0.1, 0.15) is 0 Å². The van der Waals surface area contributed by atoms with Crippen molar-refractivity contribution in [3.63, 3.8) is 0 Å². The Bertz CT molecular complexity index is 2790. The summed E-state index contributed by atoms with van der Waals surface area (Å²) in [6, 6.07) is 71.6. The van der Waals surface area contributed by atoms with Gasteiger partial charge >= 0.3 is 0 Å². The molecule has 1 nitrogen and oxygen atoms in total. The molecule has 0 N–H and O–H groups in total. The molecule has 2 atom stereocenters. The zero-order chi connectivity index (χ0) is 38.0. The Morgan fingerprint density at radius 3 is 1.80 bits per heavy atom. The van der Waals surface area contributed by atoms with Crippen LogP contribution in [0.3, 0.4) is 0 Å². The smallest absolute Gasteiger partial charge is 0.0541 e. The lowest BCUT2D eigenvalue weighted by molar-refractivity contribution is 0.568. The maximum absolute atomic E-state index is 2.44. The third-order valence-corrected chi connectivity index (χ3v) is 11.5. The summed E-state index contributed by atoms with van der Waals surface area (Å²) in [6.07, 6.45) is 2.28. The van der Waals surface area contributed by atoms with Crippen molar-refractivity contribution in [2.24, 2.45) is 0 Å². The highest BCUT2D eigenvalue weighted by atomic mass is 15.0. The number of aromatic nitrogens is 1. The van der Waals surface area contributed by atoms with Crippen LogP contribution in [0.25, 0.3) is 72.0 Å². The fourth-order valence-electron chi connectivity index (χ4n) is 8.79. The maximum atomic E-state index is 2.44. The quantitative estimate of drug-likeness (QED) is 0.161. The minimum absolute atomic E-state index is 0.376. The minimum atomic E-state index is 0.376. The van der Waals surface area contributed by atoms with Gasteiger partial charge in [-0.15, -0.1) is 0 Å². The Labute approximate surface area is 331 Å². The third kappa shape index (κ3) is 6.54. The van der Waals surface area contributed by atoms with E-state index in [1.165, 1.54) is 95.1 Å². The largest absolute Gasteiger partial charge is 0.309 e. The van der Waals surface area contributed by atoms with E-state index in [4.69, 9.17) is 0 Å². The molecular formula is C55H47N. The molecular weight excluding hydrogens is 675 g/mol. The Morgan fingerprint density at radius 2 is 1.04 bits per heavy atom. The first-order valence-electron chi connectivity index (χ1n) is 20.2. The van der Waals surface area contributed by atoms with E-state index in [9.17, 15) is 0 Å². The van der Waals surface area contributed by atoms with Crippen molar-refractivity contribution in [3.05, 3.63) is 211 Å². The molecule has 2 unspecified atom stereocenters. The topological polar surface area (TPSA) is 4.93 Å². The molecule has 9 aromatic rings. The molecule has 0 saturated heterocycles.